The molecule has 0 atom stereocenters. The van der Waals surface area contributed by atoms with Crippen molar-refractivity contribution >= 4 is 17.7 Å². The van der Waals surface area contributed by atoms with Crippen LogP contribution in [-0.4, -0.2) is 29.1 Å². The van der Waals surface area contributed by atoms with Crippen LogP contribution in [0.25, 0.3) is 0 Å². The van der Waals surface area contributed by atoms with Gasteiger partial charge in [0.25, 0.3) is 5.91 Å². The van der Waals surface area contributed by atoms with Crippen LogP contribution in [0, 0.1) is 0 Å². The molecular formula is C23H19NO4S. The maximum Gasteiger partial charge on any atom is 0.254 e. The number of ether oxygens (including phenoxy) is 2. The molecule has 146 valence electrons. The highest BCUT2D eigenvalue weighted by molar-refractivity contribution is 7.99. The van der Waals surface area contributed by atoms with Crippen LogP contribution in [-0.2, 0) is 13.1 Å². The summed E-state index contributed by atoms with van der Waals surface area (Å²) in [7, 11) is 0. The largest absolute Gasteiger partial charge is 0.507 e. The van der Waals surface area contributed by atoms with Crippen molar-refractivity contribution in [1.29, 1.82) is 0 Å². The summed E-state index contributed by atoms with van der Waals surface area (Å²) in [5.41, 5.74) is 2.94. The van der Waals surface area contributed by atoms with Crippen molar-refractivity contribution in [3.8, 4) is 17.2 Å². The summed E-state index contributed by atoms with van der Waals surface area (Å²) in [4.78, 5) is 16.4. The quantitative estimate of drug-likeness (QED) is 0.697. The highest BCUT2D eigenvalue weighted by atomic mass is 32.2. The average Bonchev–Trinajstić information content (AvgIpc) is 3.19. The van der Waals surface area contributed by atoms with E-state index in [9.17, 15) is 9.90 Å². The molecule has 0 unspecified atom stereocenters. The predicted octanol–water partition coefficient (Wildman–Crippen LogP) is 4.47. The Labute approximate surface area is 172 Å². The zero-order chi connectivity index (χ0) is 19.8. The molecule has 2 aliphatic heterocycles. The van der Waals surface area contributed by atoms with Crippen molar-refractivity contribution in [3.63, 3.8) is 0 Å². The molecule has 0 spiro atoms. The molecule has 0 aliphatic carbocycles. The predicted molar refractivity (Wildman–Crippen MR) is 110 cm³/mol. The number of rotatable bonds is 3. The van der Waals surface area contributed by atoms with Crippen molar-refractivity contribution in [2.45, 2.75) is 22.9 Å². The van der Waals surface area contributed by atoms with Gasteiger partial charge in [-0.1, -0.05) is 36.0 Å². The molecule has 0 saturated heterocycles. The summed E-state index contributed by atoms with van der Waals surface area (Å²) in [6, 6.07) is 18.8. The number of fused-ring (bicyclic) bond motifs is 2. The fourth-order valence-electron chi connectivity index (χ4n) is 3.60. The molecule has 0 fully saturated rings. The summed E-state index contributed by atoms with van der Waals surface area (Å²) in [6.45, 7) is 2.29. The Morgan fingerprint density at radius 1 is 0.897 bits per heavy atom. The SMILES string of the molecule is O=C(c1ccc(O)c(Sc2ccc3c(c2)OCCO3)c1)N1Cc2ccccc2C1. The summed E-state index contributed by atoms with van der Waals surface area (Å²) in [5, 5.41) is 10.3. The lowest BCUT2D eigenvalue weighted by molar-refractivity contribution is 0.0751. The molecule has 0 bridgehead atoms. The third-order valence-electron chi connectivity index (χ3n) is 5.08. The van der Waals surface area contributed by atoms with E-state index in [4.69, 9.17) is 9.47 Å². The molecule has 5 rings (SSSR count). The second kappa shape index (κ2) is 7.37. The third-order valence-corrected chi connectivity index (χ3v) is 6.11. The fourth-order valence-corrected chi connectivity index (χ4v) is 4.52. The normalized spacial score (nSPS) is 14.6. The van der Waals surface area contributed by atoms with Gasteiger partial charge in [0, 0.05) is 23.5 Å². The number of nitrogens with zero attached hydrogens (tertiary/aromatic N) is 1. The van der Waals surface area contributed by atoms with Gasteiger partial charge in [0.1, 0.15) is 19.0 Å². The fraction of sp³-hybridized carbons (Fsp3) is 0.174. The monoisotopic (exact) mass is 405 g/mol. The van der Waals surface area contributed by atoms with E-state index >= 15 is 0 Å². The average molecular weight is 405 g/mol. The summed E-state index contributed by atoms with van der Waals surface area (Å²) in [6.07, 6.45) is 0. The second-order valence-corrected chi connectivity index (χ2v) is 8.14. The number of phenolic OH excluding ortho intramolecular Hbond substituents is 1. The van der Waals surface area contributed by atoms with Crippen LogP contribution in [0.4, 0.5) is 0 Å². The number of benzene rings is 3. The maximum atomic E-state index is 13.0. The number of aromatic hydroxyl groups is 1. The van der Waals surface area contributed by atoms with Gasteiger partial charge in [0.05, 0.1) is 4.90 Å². The van der Waals surface area contributed by atoms with Crippen LogP contribution in [0.5, 0.6) is 17.2 Å². The topological polar surface area (TPSA) is 59.0 Å². The molecule has 0 aromatic heterocycles. The smallest absolute Gasteiger partial charge is 0.254 e. The van der Waals surface area contributed by atoms with E-state index in [0.717, 1.165) is 10.6 Å². The number of carbonyl (C=O) groups excluding carboxylic acids is 1. The first-order chi connectivity index (χ1) is 14.2. The van der Waals surface area contributed by atoms with E-state index in [1.54, 1.807) is 18.2 Å². The van der Waals surface area contributed by atoms with Gasteiger partial charge < -0.3 is 19.5 Å². The molecule has 2 aliphatic rings. The van der Waals surface area contributed by atoms with Gasteiger partial charge in [-0.2, -0.15) is 0 Å². The van der Waals surface area contributed by atoms with Gasteiger partial charge in [0.15, 0.2) is 11.5 Å². The molecule has 0 saturated carbocycles. The van der Waals surface area contributed by atoms with E-state index in [2.05, 4.69) is 12.1 Å². The third kappa shape index (κ3) is 3.51. The van der Waals surface area contributed by atoms with E-state index in [-0.39, 0.29) is 11.7 Å². The van der Waals surface area contributed by atoms with Crippen molar-refractivity contribution in [2.75, 3.05) is 13.2 Å². The summed E-state index contributed by atoms with van der Waals surface area (Å²) >= 11 is 1.39. The van der Waals surface area contributed by atoms with E-state index < -0.39 is 0 Å². The van der Waals surface area contributed by atoms with E-state index in [0.29, 0.717) is 42.5 Å². The van der Waals surface area contributed by atoms with Crippen molar-refractivity contribution < 1.29 is 19.4 Å². The first-order valence-electron chi connectivity index (χ1n) is 9.44. The number of amides is 1. The molecule has 3 aromatic carbocycles. The van der Waals surface area contributed by atoms with Crippen LogP contribution in [0.3, 0.4) is 0 Å². The molecule has 1 N–H and O–H groups in total. The summed E-state index contributed by atoms with van der Waals surface area (Å²) in [5.74, 6) is 1.53. The Morgan fingerprint density at radius 2 is 1.62 bits per heavy atom. The van der Waals surface area contributed by atoms with Crippen LogP contribution >= 0.6 is 11.8 Å². The first-order valence-corrected chi connectivity index (χ1v) is 10.3. The molecule has 29 heavy (non-hydrogen) atoms. The number of hydrogen-bond acceptors (Lipinski definition) is 5. The Morgan fingerprint density at radius 3 is 2.38 bits per heavy atom. The van der Waals surface area contributed by atoms with Gasteiger partial charge in [-0.15, -0.1) is 0 Å². The number of phenols is 1. The zero-order valence-electron chi connectivity index (χ0n) is 15.6. The van der Waals surface area contributed by atoms with E-state index in [1.165, 1.54) is 22.9 Å². The minimum atomic E-state index is -0.0368. The van der Waals surface area contributed by atoms with Crippen molar-refractivity contribution in [3.05, 3.63) is 77.4 Å². The minimum absolute atomic E-state index is 0.0368. The lowest BCUT2D eigenvalue weighted by Gasteiger charge is -2.19. The highest BCUT2D eigenvalue weighted by Crippen LogP contribution is 2.40. The highest BCUT2D eigenvalue weighted by Gasteiger charge is 2.24. The van der Waals surface area contributed by atoms with Crippen LogP contribution in [0.15, 0.2) is 70.5 Å². The van der Waals surface area contributed by atoms with Crippen LogP contribution in [0.2, 0.25) is 0 Å². The molecule has 5 nitrogen and oxygen atoms in total. The van der Waals surface area contributed by atoms with Crippen LogP contribution in [0.1, 0.15) is 21.5 Å². The molecule has 2 heterocycles. The standard InChI is InChI=1S/C23H19NO4S/c25-19-7-5-15(23(26)24-13-16-3-1-2-4-17(16)14-24)11-22(19)29-18-6-8-20-21(12-18)28-10-9-27-20/h1-8,11-12,25H,9-10,13-14H2. The van der Waals surface area contributed by atoms with Gasteiger partial charge in [-0.05, 0) is 47.5 Å². The molecule has 3 aromatic rings. The Kier molecular flexibility index (Phi) is 4.56. The van der Waals surface area contributed by atoms with Crippen molar-refractivity contribution in [2.24, 2.45) is 0 Å². The van der Waals surface area contributed by atoms with Crippen LogP contribution < -0.4 is 9.47 Å². The number of hydrogen-bond donors (Lipinski definition) is 1. The Balaban J connectivity index is 1.37. The lowest BCUT2D eigenvalue weighted by Crippen LogP contribution is -2.25. The summed E-state index contributed by atoms with van der Waals surface area (Å²) < 4.78 is 11.2. The molecular weight excluding hydrogens is 386 g/mol. The first kappa shape index (κ1) is 17.9. The van der Waals surface area contributed by atoms with Gasteiger partial charge in [-0.25, -0.2) is 0 Å². The molecule has 6 heteroatoms. The minimum Gasteiger partial charge on any atom is -0.507 e. The Hall–Kier alpha value is -3.12. The lowest BCUT2D eigenvalue weighted by atomic mass is 10.1. The molecule has 1 amide bonds. The van der Waals surface area contributed by atoms with Gasteiger partial charge in [-0.3, -0.25) is 4.79 Å². The van der Waals surface area contributed by atoms with Gasteiger partial charge in [0.2, 0.25) is 0 Å². The number of carbonyl (C=O) groups is 1. The zero-order valence-corrected chi connectivity index (χ0v) is 16.4. The maximum absolute atomic E-state index is 13.0. The van der Waals surface area contributed by atoms with E-state index in [1.807, 2.05) is 35.2 Å². The molecule has 0 radical (unpaired) electrons. The Bertz CT molecular complexity index is 1070. The van der Waals surface area contributed by atoms with Crippen molar-refractivity contribution in [1.82, 2.24) is 4.90 Å². The second-order valence-electron chi connectivity index (χ2n) is 7.02. The van der Waals surface area contributed by atoms with Gasteiger partial charge >= 0.3 is 0 Å².